The Morgan fingerprint density at radius 1 is 1.09 bits per heavy atom. The molecular formula is C22H25N3O7. The lowest BCUT2D eigenvalue weighted by molar-refractivity contribution is -0.384. The summed E-state index contributed by atoms with van der Waals surface area (Å²) in [6.07, 6.45) is 1.78. The Hall–Kier alpha value is -3.82. The van der Waals surface area contributed by atoms with Gasteiger partial charge in [0.2, 0.25) is 5.91 Å². The van der Waals surface area contributed by atoms with Crippen molar-refractivity contribution in [3.63, 3.8) is 0 Å². The van der Waals surface area contributed by atoms with Gasteiger partial charge in [-0.05, 0) is 31.0 Å². The Kier molecular flexibility index (Phi) is 7.48. The molecular weight excluding hydrogens is 418 g/mol. The fraction of sp³-hybridized carbons (Fsp3) is 0.364. The van der Waals surface area contributed by atoms with Crippen LogP contribution in [-0.4, -0.2) is 55.1 Å². The van der Waals surface area contributed by atoms with Gasteiger partial charge in [-0.15, -0.1) is 0 Å². The van der Waals surface area contributed by atoms with Gasteiger partial charge in [-0.2, -0.15) is 0 Å². The van der Waals surface area contributed by atoms with Gasteiger partial charge in [0.15, 0.2) is 18.1 Å². The number of carbonyl (C=O) groups excluding carboxylic acids is 2. The maximum Gasteiger partial charge on any atom is 0.271 e. The molecule has 1 aliphatic carbocycles. The number of nitro groups is 1. The highest BCUT2D eigenvalue weighted by molar-refractivity contribution is 5.93. The third kappa shape index (κ3) is 5.87. The van der Waals surface area contributed by atoms with Gasteiger partial charge in [0.05, 0.1) is 24.8 Å². The highest BCUT2D eigenvalue weighted by atomic mass is 16.6. The van der Waals surface area contributed by atoms with E-state index in [9.17, 15) is 19.7 Å². The van der Waals surface area contributed by atoms with Crippen LogP contribution in [-0.2, 0) is 9.59 Å². The molecule has 10 heteroatoms. The smallest absolute Gasteiger partial charge is 0.271 e. The minimum absolute atomic E-state index is 0.0305. The first kappa shape index (κ1) is 22.9. The first-order valence-corrected chi connectivity index (χ1v) is 10.1. The van der Waals surface area contributed by atoms with Crippen LogP contribution in [0.5, 0.6) is 17.2 Å². The van der Waals surface area contributed by atoms with Gasteiger partial charge < -0.3 is 24.4 Å². The van der Waals surface area contributed by atoms with Crippen molar-refractivity contribution in [2.75, 3.05) is 32.7 Å². The molecule has 1 N–H and O–H groups in total. The number of para-hydroxylation sites is 2. The van der Waals surface area contributed by atoms with Gasteiger partial charge in [0.25, 0.3) is 11.6 Å². The molecule has 0 unspecified atom stereocenters. The summed E-state index contributed by atoms with van der Waals surface area (Å²) in [5, 5.41) is 13.6. The normalized spacial score (nSPS) is 12.6. The van der Waals surface area contributed by atoms with Crippen LogP contribution in [0.3, 0.4) is 0 Å². The predicted molar refractivity (Wildman–Crippen MR) is 116 cm³/mol. The van der Waals surface area contributed by atoms with E-state index in [1.807, 2.05) is 0 Å². The number of carbonyl (C=O) groups is 2. The van der Waals surface area contributed by atoms with Crippen molar-refractivity contribution in [1.29, 1.82) is 0 Å². The van der Waals surface area contributed by atoms with Crippen molar-refractivity contribution in [2.45, 2.75) is 25.3 Å². The molecule has 170 valence electrons. The Morgan fingerprint density at radius 2 is 1.78 bits per heavy atom. The maximum absolute atomic E-state index is 12.7. The number of ether oxygens (including phenoxy) is 3. The number of methoxy groups -OCH3 is 2. The van der Waals surface area contributed by atoms with Crippen molar-refractivity contribution in [2.24, 2.45) is 0 Å². The van der Waals surface area contributed by atoms with Crippen molar-refractivity contribution in [1.82, 2.24) is 4.90 Å². The number of nitro benzene ring substituents is 1. The molecule has 2 amide bonds. The maximum atomic E-state index is 12.7. The number of amides is 2. The number of benzene rings is 2. The molecule has 0 heterocycles. The predicted octanol–water partition coefficient (Wildman–Crippen LogP) is 3.01. The Balaban J connectivity index is 1.58. The van der Waals surface area contributed by atoms with E-state index in [-0.39, 0.29) is 48.8 Å². The third-order valence-electron chi connectivity index (χ3n) is 4.98. The van der Waals surface area contributed by atoms with Crippen LogP contribution in [0.4, 0.5) is 11.4 Å². The summed E-state index contributed by atoms with van der Waals surface area (Å²) in [5.74, 6) is 0.703. The van der Waals surface area contributed by atoms with Crippen molar-refractivity contribution >= 4 is 23.2 Å². The molecule has 0 aliphatic heterocycles. The minimum atomic E-state index is -0.551. The standard InChI is InChI=1S/C22H25N3O7/c1-30-18-10-9-16(25(28)29)13-17(18)23-21(26)11-12-24(15-7-8-15)22(27)14-32-20-6-4-3-5-19(20)31-2/h3-6,9-10,13,15H,7-8,11-12,14H2,1-2H3,(H,23,26). The average Bonchev–Trinajstić information content (AvgIpc) is 3.63. The lowest BCUT2D eigenvalue weighted by Gasteiger charge is -2.22. The van der Waals surface area contributed by atoms with Crippen molar-refractivity contribution < 1.29 is 28.7 Å². The second-order valence-corrected chi connectivity index (χ2v) is 7.20. The highest BCUT2D eigenvalue weighted by Gasteiger charge is 2.33. The van der Waals surface area contributed by atoms with Crippen LogP contribution in [0.1, 0.15) is 19.3 Å². The van der Waals surface area contributed by atoms with E-state index in [1.165, 1.54) is 32.4 Å². The summed E-state index contributed by atoms with van der Waals surface area (Å²) < 4.78 is 16.0. The van der Waals surface area contributed by atoms with Gasteiger partial charge >= 0.3 is 0 Å². The Morgan fingerprint density at radius 3 is 2.41 bits per heavy atom. The van der Waals surface area contributed by atoms with E-state index < -0.39 is 4.92 Å². The van der Waals surface area contributed by atoms with Gasteiger partial charge in [-0.1, -0.05) is 12.1 Å². The second-order valence-electron chi connectivity index (χ2n) is 7.20. The number of nitrogens with zero attached hydrogens (tertiary/aromatic N) is 2. The second kappa shape index (κ2) is 10.5. The summed E-state index contributed by atoms with van der Waals surface area (Å²) in [5.41, 5.74) is 0.0416. The largest absolute Gasteiger partial charge is 0.495 e. The van der Waals surface area contributed by atoms with Gasteiger partial charge in [-0.3, -0.25) is 19.7 Å². The molecule has 2 aromatic rings. The molecule has 0 aromatic heterocycles. The van der Waals surface area contributed by atoms with Crippen molar-refractivity contribution in [3.05, 3.63) is 52.6 Å². The number of anilines is 1. The Labute approximate surface area is 185 Å². The van der Waals surface area contributed by atoms with Crippen LogP contribution in [0.15, 0.2) is 42.5 Å². The minimum Gasteiger partial charge on any atom is -0.495 e. The molecule has 32 heavy (non-hydrogen) atoms. The summed E-state index contributed by atoms with van der Waals surface area (Å²) in [6, 6.07) is 11.1. The van der Waals surface area contributed by atoms with Crippen LogP contribution in [0.25, 0.3) is 0 Å². The average molecular weight is 443 g/mol. The van der Waals surface area contributed by atoms with E-state index >= 15 is 0 Å². The van der Waals surface area contributed by atoms with E-state index in [0.717, 1.165) is 12.8 Å². The summed E-state index contributed by atoms with van der Waals surface area (Å²) in [7, 11) is 2.93. The molecule has 2 aromatic carbocycles. The zero-order valence-electron chi connectivity index (χ0n) is 17.9. The zero-order chi connectivity index (χ0) is 23.1. The van der Waals surface area contributed by atoms with E-state index in [1.54, 1.807) is 29.2 Å². The first-order valence-electron chi connectivity index (χ1n) is 10.1. The van der Waals surface area contributed by atoms with Crippen LogP contribution < -0.4 is 19.5 Å². The lowest BCUT2D eigenvalue weighted by Crippen LogP contribution is -2.38. The topological polar surface area (TPSA) is 120 Å². The third-order valence-corrected chi connectivity index (χ3v) is 4.98. The number of hydrogen-bond acceptors (Lipinski definition) is 7. The number of rotatable bonds is 11. The fourth-order valence-electron chi connectivity index (χ4n) is 3.20. The van der Waals surface area contributed by atoms with Gasteiger partial charge in [0.1, 0.15) is 5.75 Å². The fourth-order valence-corrected chi connectivity index (χ4v) is 3.20. The zero-order valence-corrected chi connectivity index (χ0v) is 17.9. The molecule has 1 aliphatic rings. The van der Waals surface area contributed by atoms with E-state index in [0.29, 0.717) is 17.2 Å². The van der Waals surface area contributed by atoms with Gasteiger partial charge in [0, 0.05) is 31.1 Å². The summed E-state index contributed by atoms with van der Waals surface area (Å²) in [6.45, 7) is 0.0407. The van der Waals surface area contributed by atoms with Crippen LogP contribution in [0, 0.1) is 10.1 Å². The molecule has 0 saturated heterocycles. The van der Waals surface area contributed by atoms with Crippen LogP contribution >= 0.6 is 0 Å². The lowest BCUT2D eigenvalue weighted by atomic mass is 10.2. The molecule has 0 radical (unpaired) electrons. The monoisotopic (exact) mass is 443 g/mol. The molecule has 0 bridgehead atoms. The quantitative estimate of drug-likeness (QED) is 0.419. The number of hydrogen-bond donors (Lipinski definition) is 1. The van der Waals surface area contributed by atoms with Crippen molar-refractivity contribution in [3.8, 4) is 17.2 Å². The SMILES string of the molecule is COc1ccc([N+](=O)[O-])cc1NC(=O)CCN(C(=O)COc1ccccc1OC)C1CC1. The highest BCUT2D eigenvalue weighted by Crippen LogP contribution is 2.30. The Bertz CT molecular complexity index is 991. The molecule has 0 atom stereocenters. The first-order chi connectivity index (χ1) is 15.4. The summed E-state index contributed by atoms with van der Waals surface area (Å²) in [4.78, 5) is 37.3. The molecule has 1 saturated carbocycles. The number of nitrogens with one attached hydrogen (secondary N) is 1. The van der Waals surface area contributed by atoms with E-state index in [4.69, 9.17) is 14.2 Å². The van der Waals surface area contributed by atoms with E-state index in [2.05, 4.69) is 5.32 Å². The van der Waals surface area contributed by atoms with Gasteiger partial charge in [-0.25, -0.2) is 0 Å². The molecule has 0 spiro atoms. The number of non-ortho nitro benzene ring substituents is 1. The molecule has 3 rings (SSSR count). The summed E-state index contributed by atoms with van der Waals surface area (Å²) >= 11 is 0. The van der Waals surface area contributed by atoms with Crippen LogP contribution in [0.2, 0.25) is 0 Å². The molecule has 10 nitrogen and oxygen atoms in total. The molecule has 1 fully saturated rings.